The molecule has 0 amide bonds. The number of nitrogens with zero attached hydrogens (tertiary/aromatic N) is 2. The van der Waals surface area contributed by atoms with Crippen molar-refractivity contribution in [2.45, 2.75) is 39.3 Å². The Bertz CT molecular complexity index is 592. The van der Waals surface area contributed by atoms with Crippen LogP contribution in [-0.2, 0) is 13.0 Å². The molecule has 1 aliphatic rings. The number of nitrogens with one attached hydrogen (secondary N) is 1. The third-order valence-corrected chi connectivity index (χ3v) is 3.90. The maximum absolute atomic E-state index is 4.61. The van der Waals surface area contributed by atoms with Gasteiger partial charge in [-0.05, 0) is 49.9 Å². The number of hydrogen-bond acceptors (Lipinski definition) is 3. The van der Waals surface area contributed by atoms with Gasteiger partial charge in [0.05, 0.1) is 17.4 Å². The fourth-order valence-corrected chi connectivity index (χ4v) is 2.62. The second-order valence-corrected chi connectivity index (χ2v) is 5.22. The molecule has 2 heterocycles. The van der Waals surface area contributed by atoms with Gasteiger partial charge in [-0.2, -0.15) is 0 Å². The van der Waals surface area contributed by atoms with Gasteiger partial charge in [0.15, 0.2) is 0 Å². The molecule has 0 saturated heterocycles. The van der Waals surface area contributed by atoms with Crippen LogP contribution in [0.25, 0.3) is 0 Å². The molecule has 2 aromatic heterocycles. The molecule has 0 bridgehead atoms. The van der Waals surface area contributed by atoms with Crippen molar-refractivity contribution < 1.29 is 0 Å². The third-order valence-electron chi connectivity index (χ3n) is 3.90. The Kier molecular flexibility index (Phi) is 3.30. The van der Waals surface area contributed by atoms with Gasteiger partial charge >= 0.3 is 0 Å². The van der Waals surface area contributed by atoms with Gasteiger partial charge in [-0.1, -0.05) is 12.1 Å². The highest BCUT2D eigenvalue weighted by Gasteiger charge is 2.22. The molecule has 0 saturated carbocycles. The second-order valence-electron chi connectivity index (χ2n) is 5.22. The summed E-state index contributed by atoms with van der Waals surface area (Å²) in [6.45, 7) is 4.96. The van der Waals surface area contributed by atoms with Crippen LogP contribution in [0.4, 0.5) is 0 Å². The third kappa shape index (κ3) is 2.51. The maximum Gasteiger partial charge on any atom is 0.0605 e. The lowest BCUT2D eigenvalue weighted by Gasteiger charge is -2.13. The van der Waals surface area contributed by atoms with E-state index in [4.69, 9.17) is 0 Å². The topological polar surface area (TPSA) is 37.8 Å². The van der Waals surface area contributed by atoms with E-state index in [0.717, 1.165) is 30.8 Å². The molecule has 0 unspecified atom stereocenters. The van der Waals surface area contributed by atoms with Crippen LogP contribution in [0.5, 0.6) is 0 Å². The molecule has 0 spiro atoms. The van der Waals surface area contributed by atoms with Crippen LogP contribution in [0.15, 0.2) is 30.5 Å². The van der Waals surface area contributed by atoms with Gasteiger partial charge in [0.2, 0.25) is 0 Å². The van der Waals surface area contributed by atoms with E-state index in [0.29, 0.717) is 6.04 Å². The number of fused-ring (bicyclic) bond motifs is 1. The van der Waals surface area contributed by atoms with E-state index in [1.54, 1.807) is 0 Å². The number of aromatic nitrogens is 2. The first-order chi connectivity index (χ1) is 9.24. The molecule has 19 heavy (non-hydrogen) atoms. The lowest BCUT2D eigenvalue weighted by atomic mass is 10.2. The fraction of sp³-hybridized carbons (Fsp3) is 0.375. The van der Waals surface area contributed by atoms with Gasteiger partial charge in [-0.25, -0.2) is 0 Å². The predicted octanol–water partition coefficient (Wildman–Crippen LogP) is 2.87. The van der Waals surface area contributed by atoms with E-state index >= 15 is 0 Å². The average Bonchev–Trinajstić information content (AvgIpc) is 2.83. The van der Waals surface area contributed by atoms with Crippen molar-refractivity contribution in [3.05, 3.63) is 58.7 Å². The molecule has 3 heteroatoms. The van der Waals surface area contributed by atoms with E-state index in [-0.39, 0.29) is 0 Å². The molecule has 0 aliphatic heterocycles. The van der Waals surface area contributed by atoms with E-state index in [1.807, 2.05) is 12.3 Å². The highest BCUT2D eigenvalue weighted by atomic mass is 15.0. The summed E-state index contributed by atoms with van der Waals surface area (Å²) in [5.41, 5.74) is 6.06. The summed E-state index contributed by atoms with van der Waals surface area (Å²) in [5, 5.41) is 3.58. The standard InChI is InChI=1S/C16H19N3/c1-11-5-7-14(19-12(11)2)10-18-15-8-6-13-4-3-9-17-16(13)15/h3-5,7,9,15,18H,6,8,10H2,1-2H3/t15-/m0/s1. The summed E-state index contributed by atoms with van der Waals surface area (Å²) in [6, 6.07) is 8.81. The Hall–Kier alpha value is -1.74. The number of pyridine rings is 2. The van der Waals surface area contributed by atoms with Crippen molar-refractivity contribution >= 4 is 0 Å². The van der Waals surface area contributed by atoms with Crippen LogP contribution in [0, 0.1) is 13.8 Å². The number of hydrogen-bond donors (Lipinski definition) is 1. The van der Waals surface area contributed by atoms with E-state index in [2.05, 4.69) is 47.3 Å². The van der Waals surface area contributed by atoms with Gasteiger partial charge in [0, 0.05) is 18.4 Å². The zero-order valence-electron chi connectivity index (χ0n) is 11.5. The Morgan fingerprint density at radius 1 is 1.26 bits per heavy atom. The molecule has 1 aliphatic carbocycles. The predicted molar refractivity (Wildman–Crippen MR) is 75.8 cm³/mol. The van der Waals surface area contributed by atoms with Crippen molar-refractivity contribution in [3.8, 4) is 0 Å². The summed E-state index contributed by atoms with van der Waals surface area (Å²) < 4.78 is 0. The summed E-state index contributed by atoms with van der Waals surface area (Å²) in [5.74, 6) is 0. The van der Waals surface area contributed by atoms with Crippen molar-refractivity contribution in [1.29, 1.82) is 0 Å². The lowest BCUT2D eigenvalue weighted by molar-refractivity contribution is 0.516. The van der Waals surface area contributed by atoms with Crippen molar-refractivity contribution in [1.82, 2.24) is 15.3 Å². The molecule has 3 nitrogen and oxygen atoms in total. The van der Waals surface area contributed by atoms with E-state index in [1.165, 1.54) is 16.8 Å². The number of rotatable bonds is 3. The van der Waals surface area contributed by atoms with Crippen molar-refractivity contribution in [3.63, 3.8) is 0 Å². The van der Waals surface area contributed by atoms with Gasteiger partial charge in [0.1, 0.15) is 0 Å². The van der Waals surface area contributed by atoms with Crippen LogP contribution >= 0.6 is 0 Å². The van der Waals surface area contributed by atoms with Crippen LogP contribution in [-0.4, -0.2) is 9.97 Å². The lowest BCUT2D eigenvalue weighted by Crippen LogP contribution is -2.20. The molecule has 0 aromatic carbocycles. The van der Waals surface area contributed by atoms with Gasteiger partial charge < -0.3 is 5.32 Å². The minimum absolute atomic E-state index is 0.375. The highest BCUT2D eigenvalue weighted by Crippen LogP contribution is 2.28. The Morgan fingerprint density at radius 2 is 2.16 bits per heavy atom. The van der Waals surface area contributed by atoms with Crippen LogP contribution in [0.3, 0.4) is 0 Å². The Balaban J connectivity index is 1.69. The zero-order chi connectivity index (χ0) is 13.2. The summed E-state index contributed by atoms with van der Waals surface area (Å²) in [4.78, 5) is 9.11. The highest BCUT2D eigenvalue weighted by molar-refractivity contribution is 5.28. The van der Waals surface area contributed by atoms with E-state index in [9.17, 15) is 0 Å². The molecular weight excluding hydrogens is 234 g/mol. The quantitative estimate of drug-likeness (QED) is 0.914. The number of aryl methyl sites for hydroxylation is 3. The molecule has 1 N–H and O–H groups in total. The van der Waals surface area contributed by atoms with Crippen LogP contribution < -0.4 is 5.32 Å². The normalized spacial score (nSPS) is 17.5. The zero-order valence-corrected chi connectivity index (χ0v) is 11.5. The SMILES string of the molecule is Cc1ccc(CN[C@H]2CCc3cccnc32)nc1C. The maximum atomic E-state index is 4.61. The van der Waals surface area contributed by atoms with Gasteiger partial charge in [-0.3, -0.25) is 9.97 Å². The summed E-state index contributed by atoms with van der Waals surface area (Å²) in [7, 11) is 0. The molecule has 3 rings (SSSR count). The second kappa shape index (κ2) is 5.10. The Morgan fingerprint density at radius 3 is 3.00 bits per heavy atom. The first kappa shape index (κ1) is 12.3. The molecule has 1 atom stereocenters. The smallest absolute Gasteiger partial charge is 0.0605 e. The molecular formula is C16H19N3. The van der Waals surface area contributed by atoms with Gasteiger partial charge in [0.25, 0.3) is 0 Å². The van der Waals surface area contributed by atoms with Crippen molar-refractivity contribution in [2.24, 2.45) is 0 Å². The van der Waals surface area contributed by atoms with Crippen LogP contribution in [0.2, 0.25) is 0 Å². The van der Waals surface area contributed by atoms with E-state index < -0.39 is 0 Å². The first-order valence-electron chi connectivity index (χ1n) is 6.84. The summed E-state index contributed by atoms with van der Waals surface area (Å²) >= 11 is 0. The molecule has 98 valence electrons. The minimum atomic E-state index is 0.375. The molecule has 0 radical (unpaired) electrons. The largest absolute Gasteiger partial charge is 0.303 e. The minimum Gasteiger partial charge on any atom is -0.303 e. The first-order valence-corrected chi connectivity index (χ1v) is 6.84. The molecule has 0 fully saturated rings. The Labute approximate surface area is 114 Å². The fourth-order valence-electron chi connectivity index (χ4n) is 2.62. The monoisotopic (exact) mass is 253 g/mol. The van der Waals surface area contributed by atoms with Crippen LogP contribution in [0.1, 0.15) is 40.7 Å². The molecule has 2 aromatic rings. The van der Waals surface area contributed by atoms with Gasteiger partial charge in [-0.15, -0.1) is 0 Å². The van der Waals surface area contributed by atoms with Crippen molar-refractivity contribution in [2.75, 3.05) is 0 Å². The average molecular weight is 253 g/mol. The summed E-state index contributed by atoms with van der Waals surface area (Å²) in [6.07, 6.45) is 4.14.